The van der Waals surface area contributed by atoms with Crippen LogP contribution in [0.2, 0.25) is 0 Å². The monoisotopic (exact) mass is 491 g/mol. The summed E-state index contributed by atoms with van der Waals surface area (Å²) in [5.41, 5.74) is -1.24. The van der Waals surface area contributed by atoms with Crippen LogP contribution in [0.3, 0.4) is 0 Å². The Bertz CT molecular complexity index is 1330. The van der Waals surface area contributed by atoms with Crippen LogP contribution in [0.5, 0.6) is 17.4 Å². The van der Waals surface area contributed by atoms with Crippen molar-refractivity contribution in [3.8, 4) is 17.4 Å². The fourth-order valence-corrected chi connectivity index (χ4v) is 4.31. The molecule has 0 spiro atoms. The molecule has 5 rings (SSSR count). The molecule has 3 heterocycles. The van der Waals surface area contributed by atoms with Crippen LogP contribution < -0.4 is 20.1 Å². The molecule has 2 aromatic carbocycles. The molecule has 7 nitrogen and oxygen atoms in total. The van der Waals surface area contributed by atoms with Crippen LogP contribution in [0.25, 0.3) is 0 Å². The van der Waals surface area contributed by atoms with E-state index >= 15 is 0 Å². The van der Waals surface area contributed by atoms with Crippen LogP contribution >= 0.6 is 0 Å². The summed E-state index contributed by atoms with van der Waals surface area (Å²) in [5.74, 6) is -0.327. The molecule has 1 saturated heterocycles. The summed E-state index contributed by atoms with van der Waals surface area (Å²) < 4.78 is 71.3. The molecule has 184 valence electrons. The van der Waals surface area contributed by atoms with E-state index in [-0.39, 0.29) is 29.5 Å². The van der Waals surface area contributed by atoms with E-state index in [1.54, 1.807) is 10.6 Å². The van der Waals surface area contributed by atoms with Crippen molar-refractivity contribution in [1.29, 1.82) is 0 Å². The lowest BCUT2D eigenvalue weighted by Gasteiger charge is -2.39. The summed E-state index contributed by atoms with van der Waals surface area (Å²) in [6.45, 7) is 4.10. The summed E-state index contributed by atoms with van der Waals surface area (Å²) in [6, 6.07) is 9.86. The molecule has 0 aliphatic carbocycles. The summed E-state index contributed by atoms with van der Waals surface area (Å²) in [6.07, 6.45) is -4.53. The summed E-state index contributed by atoms with van der Waals surface area (Å²) in [7, 11) is 0. The minimum Gasteiger partial charge on any atom is -0.473 e. The topological polar surface area (TPSA) is 65.8 Å². The molecule has 0 N–H and O–H groups in total. The van der Waals surface area contributed by atoms with Gasteiger partial charge >= 0.3 is 11.9 Å². The van der Waals surface area contributed by atoms with Gasteiger partial charge < -0.3 is 19.1 Å². The van der Waals surface area contributed by atoms with Gasteiger partial charge in [0.2, 0.25) is 5.88 Å². The van der Waals surface area contributed by atoms with Gasteiger partial charge in [0.25, 0.3) is 0 Å². The van der Waals surface area contributed by atoms with Crippen LogP contribution in [0.4, 0.5) is 23.4 Å². The zero-order valence-corrected chi connectivity index (χ0v) is 18.6. The van der Waals surface area contributed by atoms with Crippen molar-refractivity contribution in [2.24, 2.45) is 0 Å². The van der Waals surface area contributed by atoms with Crippen LogP contribution in [-0.4, -0.2) is 34.8 Å². The number of hydrogen-bond acceptors (Lipinski definition) is 6. The van der Waals surface area contributed by atoms with Crippen molar-refractivity contribution in [3.05, 3.63) is 76.0 Å². The van der Waals surface area contributed by atoms with Crippen LogP contribution in [0.15, 0.2) is 53.3 Å². The van der Waals surface area contributed by atoms with Crippen LogP contribution in [0, 0.1) is 5.82 Å². The minimum atomic E-state index is -4.53. The molecular weight excluding hydrogens is 470 g/mol. The third-order valence-corrected chi connectivity index (χ3v) is 6.04. The molecule has 35 heavy (non-hydrogen) atoms. The molecular formula is C24H21F4N3O4. The zero-order chi connectivity index (χ0) is 24.8. The third-order valence-electron chi connectivity index (χ3n) is 6.04. The molecule has 2 aliphatic rings. The van der Waals surface area contributed by atoms with Gasteiger partial charge in [0, 0.05) is 12.6 Å². The molecule has 0 amide bonds. The van der Waals surface area contributed by atoms with Crippen molar-refractivity contribution in [1.82, 2.24) is 9.55 Å². The fraction of sp³-hybridized carbons (Fsp3) is 0.333. The summed E-state index contributed by atoms with van der Waals surface area (Å²) in [5, 5.41) is 0. The van der Waals surface area contributed by atoms with Gasteiger partial charge in [-0.1, -0.05) is 12.1 Å². The number of hydrogen-bond donors (Lipinski definition) is 0. The van der Waals surface area contributed by atoms with Gasteiger partial charge in [0.05, 0.1) is 30.9 Å². The average molecular weight is 491 g/mol. The van der Waals surface area contributed by atoms with Crippen molar-refractivity contribution in [2.75, 3.05) is 24.7 Å². The molecule has 0 saturated carbocycles. The highest BCUT2D eigenvalue weighted by atomic mass is 19.4. The van der Waals surface area contributed by atoms with E-state index in [4.69, 9.17) is 14.2 Å². The maximum absolute atomic E-state index is 14.6. The quantitative estimate of drug-likeness (QED) is 0.494. The van der Waals surface area contributed by atoms with Gasteiger partial charge in [-0.15, -0.1) is 0 Å². The number of halogens is 4. The number of nitrogens with zero attached hydrogens (tertiary/aromatic N) is 3. The highest BCUT2D eigenvalue weighted by Crippen LogP contribution is 2.36. The lowest BCUT2D eigenvalue weighted by Crippen LogP contribution is -2.53. The number of morpholine rings is 1. The van der Waals surface area contributed by atoms with Gasteiger partial charge in [-0.2, -0.15) is 18.2 Å². The molecule has 1 atom stereocenters. The predicted molar refractivity (Wildman–Crippen MR) is 117 cm³/mol. The Balaban J connectivity index is 1.29. The lowest BCUT2D eigenvalue weighted by atomic mass is 10.0. The van der Waals surface area contributed by atoms with Crippen molar-refractivity contribution >= 4 is 5.82 Å². The fourth-order valence-electron chi connectivity index (χ4n) is 4.31. The van der Waals surface area contributed by atoms with Crippen molar-refractivity contribution < 1.29 is 31.8 Å². The highest BCUT2D eigenvalue weighted by Gasteiger charge is 2.43. The molecule has 11 heteroatoms. The Morgan fingerprint density at radius 3 is 2.77 bits per heavy atom. The van der Waals surface area contributed by atoms with E-state index in [1.165, 1.54) is 24.3 Å². The lowest BCUT2D eigenvalue weighted by molar-refractivity contribution is -0.137. The second-order valence-electron chi connectivity index (χ2n) is 8.70. The molecule has 1 aromatic heterocycles. The molecule has 0 radical (unpaired) electrons. The Morgan fingerprint density at radius 2 is 2.00 bits per heavy atom. The van der Waals surface area contributed by atoms with E-state index in [0.29, 0.717) is 37.7 Å². The number of aromatic nitrogens is 2. The number of fused-ring (bicyclic) bond motifs is 3. The number of anilines is 1. The number of ether oxygens (including phenoxy) is 3. The van der Waals surface area contributed by atoms with Gasteiger partial charge in [0.15, 0.2) is 11.6 Å². The average Bonchev–Trinajstić information content (AvgIpc) is 3.12. The number of benzene rings is 2. The van der Waals surface area contributed by atoms with Crippen molar-refractivity contribution in [2.45, 2.75) is 31.8 Å². The summed E-state index contributed by atoms with van der Waals surface area (Å²) >= 11 is 0. The second kappa shape index (κ2) is 8.56. The van der Waals surface area contributed by atoms with Crippen LogP contribution in [-0.2, 0) is 24.1 Å². The standard InChI is InChI=1S/C24H21F4N3O4/c1-23-13-30-21(31(23)7-8-33-14-23)11-20(29-22(30)32)34-12-15-5-6-19(18(25)9-15)35-17-4-2-3-16(10-17)24(26,27)28/h2-6,9-11H,7-8,12-14H2,1H3/t23-/m1/s1. The van der Waals surface area contributed by atoms with Crippen molar-refractivity contribution in [3.63, 3.8) is 0 Å². The van der Waals surface area contributed by atoms with E-state index in [0.717, 1.165) is 18.2 Å². The van der Waals surface area contributed by atoms with E-state index in [2.05, 4.69) is 9.88 Å². The van der Waals surface area contributed by atoms with Gasteiger partial charge in [-0.3, -0.25) is 4.57 Å². The first-order chi connectivity index (χ1) is 16.6. The zero-order valence-electron chi connectivity index (χ0n) is 18.6. The van der Waals surface area contributed by atoms with Gasteiger partial charge in [0.1, 0.15) is 18.2 Å². The van der Waals surface area contributed by atoms with Gasteiger partial charge in [-0.05, 0) is 42.8 Å². The minimum absolute atomic E-state index is 0.0724. The third kappa shape index (κ3) is 4.55. The molecule has 3 aromatic rings. The molecule has 1 fully saturated rings. The first-order valence-corrected chi connectivity index (χ1v) is 10.9. The Hall–Kier alpha value is -3.60. The van der Waals surface area contributed by atoms with E-state index in [1.807, 2.05) is 6.92 Å². The molecule has 2 aliphatic heterocycles. The SMILES string of the molecule is C[C@@]12COCCN1c1cc(OCc3ccc(Oc4cccc(C(F)(F)F)c4)c(F)c3)nc(=O)n1C2. The Labute approximate surface area is 197 Å². The number of rotatable bonds is 5. The normalized spacial score (nSPS) is 19.3. The second-order valence-corrected chi connectivity index (χ2v) is 8.70. The largest absolute Gasteiger partial charge is 0.473 e. The smallest absolute Gasteiger partial charge is 0.416 e. The Morgan fingerprint density at radius 1 is 1.17 bits per heavy atom. The highest BCUT2D eigenvalue weighted by molar-refractivity contribution is 5.50. The molecule has 0 unspecified atom stereocenters. The maximum atomic E-state index is 14.6. The first kappa shape index (κ1) is 23.2. The van der Waals surface area contributed by atoms with E-state index < -0.39 is 23.2 Å². The van der Waals surface area contributed by atoms with Crippen LogP contribution in [0.1, 0.15) is 18.1 Å². The Kier molecular flexibility index (Phi) is 5.66. The summed E-state index contributed by atoms with van der Waals surface area (Å²) in [4.78, 5) is 18.6. The maximum Gasteiger partial charge on any atom is 0.416 e. The predicted octanol–water partition coefficient (Wildman–Crippen LogP) is 4.38. The van der Waals surface area contributed by atoms with E-state index in [9.17, 15) is 22.4 Å². The number of alkyl halides is 3. The first-order valence-electron chi connectivity index (χ1n) is 10.9. The molecule has 0 bridgehead atoms. The van der Waals surface area contributed by atoms with Gasteiger partial charge in [-0.25, -0.2) is 9.18 Å².